The first kappa shape index (κ1) is 23.5. The average Bonchev–Trinajstić information content (AvgIpc) is 2.80. The Kier molecular flexibility index (Phi) is 8.86. The number of hydrogen-bond donors (Lipinski definition) is 2. The van der Waals surface area contributed by atoms with Crippen molar-refractivity contribution in [2.24, 2.45) is 5.92 Å². The summed E-state index contributed by atoms with van der Waals surface area (Å²) >= 11 is 0. The second-order valence-electron chi connectivity index (χ2n) is 7.65. The zero-order chi connectivity index (χ0) is 22.8. The molecule has 3 rings (SSSR count). The summed E-state index contributed by atoms with van der Waals surface area (Å²) in [6, 6.07) is 12.6. The largest absolute Gasteiger partial charge is 0.490 e. The summed E-state index contributed by atoms with van der Waals surface area (Å²) in [5.74, 6) is 0.196. The van der Waals surface area contributed by atoms with Crippen LogP contribution in [0.5, 0.6) is 5.75 Å². The summed E-state index contributed by atoms with van der Waals surface area (Å²) in [6.45, 7) is 5.03. The van der Waals surface area contributed by atoms with Crippen molar-refractivity contribution in [1.82, 2.24) is 10.2 Å². The fourth-order valence-corrected chi connectivity index (χ4v) is 3.69. The zero-order valence-corrected chi connectivity index (χ0v) is 18.3. The van der Waals surface area contributed by atoms with Crippen LogP contribution in [0.2, 0.25) is 0 Å². The minimum absolute atomic E-state index is 0.0778. The third-order valence-electron chi connectivity index (χ3n) is 5.25. The minimum atomic E-state index is -0.411. The van der Waals surface area contributed by atoms with Gasteiger partial charge in [-0.25, -0.2) is 9.18 Å². The molecule has 2 aromatic rings. The highest BCUT2D eigenvalue weighted by molar-refractivity contribution is 5.97. The van der Waals surface area contributed by atoms with Crippen molar-refractivity contribution in [3.63, 3.8) is 0 Å². The van der Waals surface area contributed by atoms with Gasteiger partial charge in [0, 0.05) is 31.9 Å². The molecule has 7 nitrogen and oxygen atoms in total. The third kappa shape index (κ3) is 6.95. The van der Waals surface area contributed by atoms with E-state index in [1.165, 1.54) is 18.2 Å². The van der Waals surface area contributed by atoms with Gasteiger partial charge in [0.25, 0.3) is 5.91 Å². The number of nitrogens with zero attached hydrogens (tertiary/aromatic N) is 1. The van der Waals surface area contributed by atoms with Gasteiger partial charge in [0.2, 0.25) is 0 Å². The van der Waals surface area contributed by atoms with E-state index in [0.717, 1.165) is 12.8 Å². The molecule has 1 saturated heterocycles. The highest BCUT2D eigenvalue weighted by atomic mass is 19.1. The Hall–Kier alpha value is -3.13. The van der Waals surface area contributed by atoms with Crippen LogP contribution in [0.3, 0.4) is 0 Å². The van der Waals surface area contributed by atoms with Gasteiger partial charge in [-0.2, -0.15) is 0 Å². The summed E-state index contributed by atoms with van der Waals surface area (Å²) in [5.41, 5.74) is 0.922. The molecular weight excluding hydrogens is 413 g/mol. The summed E-state index contributed by atoms with van der Waals surface area (Å²) in [6.07, 6.45) is 1.77. The standard InChI is InChI=1S/C24H30FN3O4/c1-2-31-13-14-32-22-11-4-3-10-21(22)23(29)28-12-6-7-18(17-28)16-26-24(30)27-20-9-5-8-19(25)15-20/h3-5,8-11,15,18H,2,6-7,12-14,16-17H2,1H3,(H2,26,27,30). The van der Waals surface area contributed by atoms with Crippen LogP contribution in [-0.4, -0.2) is 56.3 Å². The Bertz CT molecular complexity index is 908. The number of rotatable bonds is 9. The number of para-hydroxylation sites is 1. The first-order chi connectivity index (χ1) is 15.6. The quantitative estimate of drug-likeness (QED) is 0.576. The molecule has 0 bridgehead atoms. The molecule has 3 amide bonds. The third-order valence-corrected chi connectivity index (χ3v) is 5.25. The van der Waals surface area contributed by atoms with Gasteiger partial charge in [0.1, 0.15) is 18.2 Å². The number of carbonyl (C=O) groups excluding carboxylic acids is 2. The van der Waals surface area contributed by atoms with E-state index >= 15 is 0 Å². The van der Waals surface area contributed by atoms with Crippen LogP contribution in [-0.2, 0) is 4.74 Å². The molecule has 2 aromatic carbocycles. The lowest BCUT2D eigenvalue weighted by atomic mass is 9.97. The molecule has 1 aliphatic rings. The van der Waals surface area contributed by atoms with E-state index in [9.17, 15) is 14.0 Å². The summed E-state index contributed by atoms with van der Waals surface area (Å²) < 4.78 is 24.3. The van der Waals surface area contributed by atoms with Gasteiger partial charge >= 0.3 is 6.03 Å². The van der Waals surface area contributed by atoms with Crippen molar-refractivity contribution in [1.29, 1.82) is 0 Å². The smallest absolute Gasteiger partial charge is 0.319 e. The monoisotopic (exact) mass is 443 g/mol. The number of urea groups is 1. The van der Waals surface area contributed by atoms with Gasteiger partial charge < -0.3 is 25.0 Å². The molecule has 0 saturated carbocycles. The van der Waals surface area contributed by atoms with E-state index in [2.05, 4.69) is 10.6 Å². The molecule has 1 fully saturated rings. The number of anilines is 1. The van der Waals surface area contributed by atoms with E-state index in [1.54, 1.807) is 18.2 Å². The summed E-state index contributed by atoms with van der Waals surface area (Å²) in [7, 11) is 0. The van der Waals surface area contributed by atoms with Crippen molar-refractivity contribution in [3.05, 3.63) is 59.9 Å². The maximum Gasteiger partial charge on any atom is 0.319 e. The topological polar surface area (TPSA) is 79.9 Å². The van der Waals surface area contributed by atoms with E-state index < -0.39 is 11.8 Å². The molecule has 172 valence electrons. The first-order valence-electron chi connectivity index (χ1n) is 11.0. The number of hydrogen-bond acceptors (Lipinski definition) is 4. The van der Waals surface area contributed by atoms with Crippen LogP contribution < -0.4 is 15.4 Å². The molecule has 1 unspecified atom stereocenters. The Morgan fingerprint density at radius 2 is 2.00 bits per heavy atom. The fraction of sp³-hybridized carbons (Fsp3) is 0.417. The molecule has 0 radical (unpaired) electrons. The molecule has 2 N–H and O–H groups in total. The van der Waals surface area contributed by atoms with Crippen molar-refractivity contribution in [3.8, 4) is 5.75 Å². The van der Waals surface area contributed by atoms with Gasteiger partial charge in [0.05, 0.1) is 12.2 Å². The number of halogens is 1. The van der Waals surface area contributed by atoms with Crippen molar-refractivity contribution in [2.45, 2.75) is 19.8 Å². The predicted molar refractivity (Wildman–Crippen MR) is 120 cm³/mol. The molecule has 1 aliphatic heterocycles. The summed E-state index contributed by atoms with van der Waals surface area (Å²) in [5, 5.41) is 5.44. The zero-order valence-electron chi connectivity index (χ0n) is 18.3. The van der Waals surface area contributed by atoms with Gasteiger partial charge in [-0.1, -0.05) is 18.2 Å². The van der Waals surface area contributed by atoms with E-state index in [1.807, 2.05) is 24.0 Å². The van der Waals surface area contributed by atoms with Crippen molar-refractivity contribution in [2.75, 3.05) is 44.8 Å². The van der Waals surface area contributed by atoms with Gasteiger partial charge in [-0.05, 0) is 56.0 Å². The normalized spacial score (nSPS) is 15.8. The lowest BCUT2D eigenvalue weighted by Crippen LogP contribution is -2.44. The Balaban J connectivity index is 1.52. The van der Waals surface area contributed by atoms with Gasteiger partial charge in [-0.15, -0.1) is 0 Å². The summed E-state index contributed by atoms with van der Waals surface area (Å²) in [4.78, 5) is 27.1. The maximum absolute atomic E-state index is 13.3. The number of amides is 3. The van der Waals surface area contributed by atoms with Crippen LogP contribution in [0.25, 0.3) is 0 Å². The van der Waals surface area contributed by atoms with Crippen molar-refractivity contribution < 1.29 is 23.5 Å². The van der Waals surface area contributed by atoms with Gasteiger partial charge in [-0.3, -0.25) is 4.79 Å². The molecule has 32 heavy (non-hydrogen) atoms. The van der Waals surface area contributed by atoms with Gasteiger partial charge in [0.15, 0.2) is 0 Å². The predicted octanol–water partition coefficient (Wildman–Crippen LogP) is 3.91. The van der Waals surface area contributed by atoms with Crippen LogP contribution in [0.1, 0.15) is 30.1 Å². The maximum atomic E-state index is 13.3. The molecule has 0 aromatic heterocycles. The second-order valence-corrected chi connectivity index (χ2v) is 7.65. The Labute approximate surface area is 187 Å². The molecule has 0 aliphatic carbocycles. The first-order valence-corrected chi connectivity index (χ1v) is 11.0. The van der Waals surface area contributed by atoms with Crippen LogP contribution >= 0.6 is 0 Å². The lowest BCUT2D eigenvalue weighted by molar-refractivity contribution is 0.0666. The van der Waals surface area contributed by atoms with Crippen LogP contribution in [0.4, 0.5) is 14.9 Å². The minimum Gasteiger partial charge on any atom is -0.490 e. The number of ether oxygens (including phenoxy) is 2. The number of likely N-dealkylation sites (tertiary alicyclic amines) is 1. The van der Waals surface area contributed by atoms with E-state index in [0.29, 0.717) is 56.5 Å². The number of carbonyl (C=O) groups is 2. The molecule has 0 spiro atoms. The highest BCUT2D eigenvalue weighted by Gasteiger charge is 2.26. The molecule has 1 atom stereocenters. The van der Waals surface area contributed by atoms with E-state index in [4.69, 9.17) is 9.47 Å². The number of nitrogens with one attached hydrogen (secondary N) is 2. The average molecular weight is 444 g/mol. The number of piperidine rings is 1. The van der Waals surface area contributed by atoms with E-state index in [-0.39, 0.29) is 11.8 Å². The number of benzene rings is 2. The Morgan fingerprint density at radius 1 is 1.16 bits per heavy atom. The van der Waals surface area contributed by atoms with Crippen LogP contribution in [0, 0.1) is 11.7 Å². The lowest BCUT2D eigenvalue weighted by Gasteiger charge is -2.33. The molecular formula is C24H30FN3O4. The van der Waals surface area contributed by atoms with Crippen LogP contribution in [0.15, 0.2) is 48.5 Å². The molecule has 8 heteroatoms. The molecule has 1 heterocycles. The second kappa shape index (κ2) is 12.0. The fourth-order valence-electron chi connectivity index (χ4n) is 3.69. The highest BCUT2D eigenvalue weighted by Crippen LogP contribution is 2.23. The Morgan fingerprint density at radius 3 is 2.81 bits per heavy atom. The van der Waals surface area contributed by atoms with Crippen molar-refractivity contribution >= 4 is 17.6 Å². The SMILES string of the molecule is CCOCCOc1ccccc1C(=O)N1CCCC(CNC(=O)Nc2cccc(F)c2)C1.